The Kier molecular flexibility index (Phi) is 6.86. The summed E-state index contributed by atoms with van der Waals surface area (Å²) in [5, 5.41) is 15.3. The monoisotopic (exact) mass is 424 g/mol. The molecule has 1 saturated heterocycles. The molecule has 0 amide bonds. The number of hydrogen-bond donors (Lipinski definition) is 1. The van der Waals surface area contributed by atoms with E-state index in [2.05, 4.69) is 10.2 Å². The number of nitrogens with two attached hydrogens (primary N) is 1. The van der Waals surface area contributed by atoms with Gasteiger partial charge in [-0.15, -0.1) is 0 Å². The van der Waals surface area contributed by atoms with Gasteiger partial charge in [0.2, 0.25) is 0 Å². The first-order valence-corrected chi connectivity index (χ1v) is 10.7. The van der Waals surface area contributed by atoms with E-state index in [-0.39, 0.29) is 5.75 Å². The van der Waals surface area contributed by atoms with Crippen LogP contribution in [-0.2, 0) is 11.3 Å². The molecule has 7 nitrogen and oxygen atoms in total. The van der Waals surface area contributed by atoms with Crippen LogP contribution in [-0.4, -0.2) is 51.4 Å². The van der Waals surface area contributed by atoms with Gasteiger partial charge >= 0.3 is 5.63 Å². The number of nitrogens with zero attached hydrogens (tertiary/aromatic N) is 1. The maximum absolute atomic E-state index is 12.7. The van der Waals surface area contributed by atoms with Gasteiger partial charge in [0.1, 0.15) is 17.9 Å². The molecule has 2 N–H and O–H groups in total. The highest BCUT2D eigenvalue weighted by Crippen LogP contribution is 2.27. The van der Waals surface area contributed by atoms with Gasteiger partial charge in [0.05, 0.1) is 32.4 Å². The molecule has 0 atom stereocenters. The van der Waals surface area contributed by atoms with E-state index in [0.29, 0.717) is 23.3 Å². The highest BCUT2D eigenvalue weighted by molar-refractivity contribution is 5.85. The van der Waals surface area contributed by atoms with Gasteiger partial charge in [-0.1, -0.05) is 30.0 Å². The molecule has 164 valence electrons. The van der Waals surface area contributed by atoms with Crippen LogP contribution >= 0.6 is 0 Å². The topological polar surface area (TPSA) is 91.6 Å². The Morgan fingerprint density at radius 1 is 1.13 bits per heavy atom. The molecular weight excluding hydrogens is 396 g/mol. The normalized spacial score (nSPS) is 14.7. The molecule has 0 radical (unpaired) electrons. The first kappa shape index (κ1) is 21.4. The Bertz CT molecular complexity index is 1070. The van der Waals surface area contributed by atoms with Crippen LogP contribution in [0.25, 0.3) is 22.1 Å². The fraction of sp³-hybridized carbons (Fsp3) is 0.375. The van der Waals surface area contributed by atoms with Gasteiger partial charge in [0.15, 0.2) is 0 Å². The highest BCUT2D eigenvalue weighted by atomic mass is 16.5. The lowest BCUT2D eigenvalue weighted by atomic mass is 10.0. The minimum absolute atomic E-state index is 0.0997. The minimum Gasteiger partial charge on any atom is -0.872 e. The Morgan fingerprint density at radius 3 is 2.65 bits per heavy atom. The zero-order valence-corrected chi connectivity index (χ0v) is 17.8. The molecule has 0 aliphatic carbocycles. The maximum Gasteiger partial charge on any atom is 0.344 e. The molecule has 2 aromatic carbocycles. The molecule has 1 fully saturated rings. The fourth-order valence-electron chi connectivity index (χ4n) is 3.92. The summed E-state index contributed by atoms with van der Waals surface area (Å²) in [6.07, 6.45) is 1.03. The quantitative estimate of drug-likeness (QED) is 0.433. The van der Waals surface area contributed by atoms with Gasteiger partial charge in [0, 0.05) is 37.0 Å². The van der Waals surface area contributed by atoms with Crippen LogP contribution < -0.4 is 20.8 Å². The predicted octanol–water partition coefficient (Wildman–Crippen LogP) is 1.33. The van der Waals surface area contributed by atoms with Crippen molar-refractivity contribution in [3.8, 4) is 22.6 Å². The number of benzene rings is 2. The van der Waals surface area contributed by atoms with Crippen molar-refractivity contribution >= 4 is 11.0 Å². The van der Waals surface area contributed by atoms with E-state index in [1.165, 1.54) is 0 Å². The average Bonchev–Trinajstić information content (AvgIpc) is 2.80. The Hall–Kier alpha value is -2.87. The summed E-state index contributed by atoms with van der Waals surface area (Å²) in [5.74, 6) is 0.619. The molecule has 0 saturated carbocycles. The number of rotatable bonds is 8. The molecule has 31 heavy (non-hydrogen) atoms. The molecular formula is C24H28N2O5. The van der Waals surface area contributed by atoms with Gasteiger partial charge in [-0.3, -0.25) is 4.90 Å². The lowest BCUT2D eigenvalue weighted by Crippen LogP contribution is -2.82. The molecule has 1 aromatic heterocycles. The highest BCUT2D eigenvalue weighted by Gasteiger charge is 2.13. The van der Waals surface area contributed by atoms with Crippen LogP contribution in [0.2, 0.25) is 0 Å². The van der Waals surface area contributed by atoms with Crippen molar-refractivity contribution in [2.45, 2.75) is 13.0 Å². The smallest absolute Gasteiger partial charge is 0.344 e. The number of fused-ring (bicyclic) bond motifs is 1. The summed E-state index contributed by atoms with van der Waals surface area (Å²) in [5.41, 5.74) is 1.70. The van der Waals surface area contributed by atoms with Gasteiger partial charge in [-0.2, -0.15) is 0 Å². The summed E-state index contributed by atoms with van der Waals surface area (Å²) in [7, 11) is 1.60. The first-order valence-electron chi connectivity index (χ1n) is 10.7. The van der Waals surface area contributed by atoms with E-state index >= 15 is 0 Å². The molecule has 0 unspecified atom stereocenters. The predicted molar refractivity (Wildman–Crippen MR) is 116 cm³/mol. The molecule has 1 aliphatic heterocycles. The standard InChI is InChI=1S/C24H28N2O5/c1-29-19-6-3-17(4-7-19)20-15-18-5-8-22(27)21(23(18)31-24(20)28)16-25-9-2-10-26-11-13-30-14-12-26/h3-8,15,25,27H,2,9-14,16H2,1H3. The van der Waals surface area contributed by atoms with E-state index < -0.39 is 5.63 Å². The van der Waals surface area contributed by atoms with Crippen molar-refractivity contribution in [3.05, 3.63) is 58.4 Å². The van der Waals surface area contributed by atoms with E-state index in [0.717, 1.165) is 62.5 Å². The van der Waals surface area contributed by atoms with Gasteiger partial charge < -0.3 is 24.3 Å². The average molecular weight is 424 g/mol. The third-order valence-electron chi connectivity index (χ3n) is 5.70. The number of morpholine rings is 1. The van der Waals surface area contributed by atoms with E-state index in [1.807, 2.05) is 12.1 Å². The van der Waals surface area contributed by atoms with Gasteiger partial charge in [-0.05, 0) is 23.8 Å². The molecule has 4 rings (SSSR count). The SMILES string of the molecule is COc1ccc(-c2cc3ccc([O-])c(C[NH2+]CCCN4CCOCC4)c3oc2=O)cc1. The fourth-order valence-corrected chi connectivity index (χ4v) is 3.92. The molecule has 0 spiro atoms. The third-order valence-corrected chi connectivity index (χ3v) is 5.70. The van der Waals surface area contributed by atoms with Crippen LogP contribution in [0, 0.1) is 0 Å². The van der Waals surface area contributed by atoms with Crippen LogP contribution in [0.15, 0.2) is 51.7 Å². The molecule has 3 aromatic rings. The van der Waals surface area contributed by atoms with Crippen molar-refractivity contribution in [3.63, 3.8) is 0 Å². The van der Waals surface area contributed by atoms with E-state index in [1.54, 1.807) is 37.4 Å². The Labute approximate surface area is 181 Å². The largest absolute Gasteiger partial charge is 0.872 e. The lowest BCUT2D eigenvalue weighted by Gasteiger charge is -2.26. The second-order valence-electron chi connectivity index (χ2n) is 7.73. The van der Waals surface area contributed by atoms with Crippen molar-refractivity contribution in [2.24, 2.45) is 0 Å². The summed E-state index contributed by atoms with van der Waals surface area (Å²) < 4.78 is 16.2. The van der Waals surface area contributed by atoms with E-state index in [9.17, 15) is 9.90 Å². The second-order valence-corrected chi connectivity index (χ2v) is 7.73. The Morgan fingerprint density at radius 2 is 1.90 bits per heavy atom. The number of methoxy groups -OCH3 is 1. The zero-order chi connectivity index (χ0) is 21.6. The van der Waals surface area contributed by atoms with Crippen molar-refractivity contribution in [1.82, 2.24) is 4.90 Å². The van der Waals surface area contributed by atoms with Gasteiger partial charge in [-0.25, -0.2) is 4.79 Å². The molecule has 0 bridgehead atoms. The maximum atomic E-state index is 12.7. The minimum atomic E-state index is -0.447. The van der Waals surface area contributed by atoms with Crippen LogP contribution in [0.3, 0.4) is 0 Å². The number of quaternary nitrogens is 1. The van der Waals surface area contributed by atoms with Crippen LogP contribution in [0.5, 0.6) is 11.5 Å². The lowest BCUT2D eigenvalue weighted by molar-refractivity contribution is -0.671. The van der Waals surface area contributed by atoms with Crippen LogP contribution in [0.4, 0.5) is 0 Å². The molecule has 1 aliphatic rings. The van der Waals surface area contributed by atoms with E-state index in [4.69, 9.17) is 13.9 Å². The number of ether oxygens (including phenoxy) is 2. The van der Waals surface area contributed by atoms with Crippen molar-refractivity contribution in [1.29, 1.82) is 0 Å². The summed E-state index contributed by atoms with van der Waals surface area (Å²) >= 11 is 0. The third kappa shape index (κ3) is 5.07. The molecule has 7 heteroatoms. The molecule has 2 heterocycles. The summed E-state index contributed by atoms with van der Waals surface area (Å²) in [4.78, 5) is 15.1. The number of hydrogen-bond acceptors (Lipinski definition) is 6. The van der Waals surface area contributed by atoms with Gasteiger partial charge in [0.25, 0.3) is 0 Å². The van der Waals surface area contributed by atoms with Crippen molar-refractivity contribution in [2.75, 3.05) is 46.5 Å². The second kappa shape index (κ2) is 9.96. The zero-order valence-electron chi connectivity index (χ0n) is 17.8. The van der Waals surface area contributed by atoms with Crippen LogP contribution in [0.1, 0.15) is 12.0 Å². The summed E-state index contributed by atoms with van der Waals surface area (Å²) in [6, 6.07) is 12.3. The Balaban J connectivity index is 1.47. The van der Waals surface area contributed by atoms with Crippen molar-refractivity contribution < 1.29 is 24.3 Å². The summed E-state index contributed by atoms with van der Waals surface area (Å²) in [6.45, 7) is 5.99. The first-order chi connectivity index (χ1) is 15.2.